The van der Waals surface area contributed by atoms with E-state index in [1.54, 1.807) is 6.07 Å². The number of carbonyl (C=O) groups excluding carboxylic acids is 1. The van der Waals surface area contributed by atoms with Gasteiger partial charge in [-0.05, 0) is 56.1 Å². The predicted molar refractivity (Wildman–Crippen MR) is 101 cm³/mol. The Morgan fingerprint density at radius 1 is 1.27 bits per heavy atom. The van der Waals surface area contributed by atoms with Gasteiger partial charge in [0.2, 0.25) is 6.79 Å². The van der Waals surface area contributed by atoms with E-state index in [1.807, 2.05) is 31.2 Å². The summed E-state index contributed by atoms with van der Waals surface area (Å²) in [6.45, 7) is 4.77. The first kappa shape index (κ1) is 17.4. The maximum absolute atomic E-state index is 13.0. The number of ketones is 1. The van der Waals surface area contributed by atoms with Gasteiger partial charge in [-0.3, -0.25) is 9.69 Å². The number of hydrogen-bond acceptors (Lipinski definition) is 4. The number of piperidine rings is 1. The SMILES string of the molecule is Cc1cc(Cl)ccc1C(=O)[C@H]1CCCN(Cc2cccc3c2OCO3)C1. The Morgan fingerprint density at radius 3 is 3.00 bits per heavy atom. The van der Waals surface area contributed by atoms with Crippen LogP contribution >= 0.6 is 11.6 Å². The minimum absolute atomic E-state index is 0.0255. The van der Waals surface area contributed by atoms with Gasteiger partial charge in [0.1, 0.15) is 0 Å². The van der Waals surface area contributed by atoms with Crippen molar-refractivity contribution in [2.24, 2.45) is 5.92 Å². The lowest BCUT2D eigenvalue weighted by Crippen LogP contribution is -2.38. The number of ether oxygens (including phenoxy) is 2. The van der Waals surface area contributed by atoms with Crippen molar-refractivity contribution in [1.29, 1.82) is 0 Å². The molecule has 1 fully saturated rings. The highest BCUT2D eigenvalue weighted by Crippen LogP contribution is 2.36. The molecule has 2 heterocycles. The molecule has 0 N–H and O–H groups in total. The second-order valence-electron chi connectivity index (χ2n) is 7.05. The van der Waals surface area contributed by atoms with E-state index in [2.05, 4.69) is 11.0 Å². The Hall–Kier alpha value is -2.04. The number of benzene rings is 2. The lowest BCUT2D eigenvalue weighted by atomic mass is 9.88. The Kier molecular flexibility index (Phi) is 4.88. The number of nitrogens with zero attached hydrogens (tertiary/aromatic N) is 1. The molecule has 26 heavy (non-hydrogen) atoms. The Morgan fingerprint density at radius 2 is 2.15 bits per heavy atom. The largest absolute Gasteiger partial charge is 0.454 e. The summed E-state index contributed by atoms with van der Waals surface area (Å²) in [5.74, 6) is 1.90. The van der Waals surface area contributed by atoms with Crippen molar-refractivity contribution >= 4 is 17.4 Å². The third-order valence-corrected chi connectivity index (χ3v) is 5.44. The van der Waals surface area contributed by atoms with Gasteiger partial charge in [0.15, 0.2) is 17.3 Å². The van der Waals surface area contributed by atoms with Crippen molar-refractivity contribution in [1.82, 2.24) is 4.90 Å². The molecular weight excluding hydrogens is 350 g/mol. The predicted octanol–water partition coefficient (Wildman–Crippen LogP) is 4.47. The molecule has 0 radical (unpaired) electrons. The second kappa shape index (κ2) is 7.29. The third-order valence-electron chi connectivity index (χ3n) is 5.20. The summed E-state index contributed by atoms with van der Waals surface area (Å²) in [7, 11) is 0. The fourth-order valence-electron chi connectivity index (χ4n) is 3.89. The lowest BCUT2D eigenvalue weighted by Gasteiger charge is -2.32. The van der Waals surface area contributed by atoms with Crippen LogP contribution in [0.3, 0.4) is 0 Å². The smallest absolute Gasteiger partial charge is 0.231 e. The first-order valence-electron chi connectivity index (χ1n) is 9.02. The van der Waals surface area contributed by atoms with Crippen molar-refractivity contribution in [3.8, 4) is 11.5 Å². The zero-order chi connectivity index (χ0) is 18.1. The van der Waals surface area contributed by atoms with E-state index in [1.165, 1.54) is 0 Å². The minimum Gasteiger partial charge on any atom is -0.454 e. The molecule has 0 spiro atoms. The molecule has 0 aliphatic carbocycles. The van der Waals surface area contributed by atoms with Crippen LogP contribution in [-0.2, 0) is 6.54 Å². The van der Waals surface area contributed by atoms with Crippen molar-refractivity contribution < 1.29 is 14.3 Å². The molecule has 2 aromatic rings. The second-order valence-corrected chi connectivity index (χ2v) is 7.49. The third kappa shape index (κ3) is 3.44. The van der Waals surface area contributed by atoms with E-state index in [0.717, 1.165) is 60.7 Å². The summed E-state index contributed by atoms with van der Waals surface area (Å²) in [6, 6.07) is 11.5. The van der Waals surface area contributed by atoms with Crippen LogP contribution in [0.25, 0.3) is 0 Å². The van der Waals surface area contributed by atoms with Gasteiger partial charge in [-0.1, -0.05) is 23.7 Å². The topological polar surface area (TPSA) is 38.8 Å². The molecule has 4 nitrogen and oxygen atoms in total. The number of aryl methyl sites for hydroxylation is 1. The summed E-state index contributed by atoms with van der Waals surface area (Å²) in [4.78, 5) is 15.3. The maximum Gasteiger partial charge on any atom is 0.231 e. The van der Waals surface area contributed by atoms with Gasteiger partial charge < -0.3 is 9.47 Å². The number of carbonyl (C=O) groups is 1. The van der Waals surface area contributed by atoms with Crippen molar-refractivity contribution in [3.63, 3.8) is 0 Å². The van der Waals surface area contributed by atoms with Gasteiger partial charge >= 0.3 is 0 Å². The first-order valence-corrected chi connectivity index (χ1v) is 9.40. The number of Topliss-reactive ketones (excluding diaryl/α,β-unsaturated/α-hetero) is 1. The van der Waals surface area contributed by atoms with Crippen LogP contribution in [0, 0.1) is 12.8 Å². The van der Waals surface area contributed by atoms with E-state index in [-0.39, 0.29) is 18.5 Å². The zero-order valence-corrected chi connectivity index (χ0v) is 15.6. The van der Waals surface area contributed by atoms with Crippen LogP contribution in [-0.4, -0.2) is 30.6 Å². The molecule has 0 bridgehead atoms. The molecule has 2 aliphatic heterocycles. The van der Waals surface area contributed by atoms with Crippen molar-refractivity contribution in [2.75, 3.05) is 19.9 Å². The van der Waals surface area contributed by atoms with Crippen LogP contribution in [0.4, 0.5) is 0 Å². The van der Waals surface area contributed by atoms with Crippen LogP contribution in [0.5, 0.6) is 11.5 Å². The van der Waals surface area contributed by atoms with E-state index < -0.39 is 0 Å². The molecular formula is C21H22ClNO3. The fraction of sp³-hybridized carbons (Fsp3) is 0.381. The van der Waals surface area contributed by atoms with Crippen LogP contribution < -0.4 is 9.47 Å². The Balaban J connectivity index is 1.48. The summed E-state index contributed by atoms with van der Waals surface area (Å²) < 4.78 is 11.1. The van der Waals surface area contributed by atoms with Crippen LogP contribution in [0.2, 0.25) is 5.02 Å². The molecule has 0 unspecified atom stereocenters. The van der Waals surface area contributed by atoms with E-state index >= 15 is 0 Å². The molecule has 136 valence electrons. The standard InChI is InChI=1S/C21H22ClNO3/c1-14-10-17(22)7-8-18(14)20(24)15-5-3-9-23(11-15)12-16-4-2-6-19-21(16)26-13-25-19/h2,4,6-8,10,15H,3,5,9,11-13H2,1H3/t15-/m0/s1. The van der Waals surface area contributed by atoms with Gasteiger partial charge in [0.05, 0.1) is 0 Å². The quantitative estimate of drug-likeness (QED) is 0.743. The Labute approximate surface area is 158 Å². The number of fused-ring (bicyclic) bond motifs is 1. The fourth-order valence-corrected chi connectivity index (χ4v) is 4.12. The maximum atomic E-state index is 13.0. The molecule has 4 rings (SSSR count). The highest BCUT2D eigenvalue weighted by Gasteiger charge is 2.28. The molecule has 0 aromatic heterocycles. The lowest BCUT2D eigenvalue weighted by molar-refractivity contribution is 0.0810. The highest BCUT2D eigenvalue weighted by molar-refractivity contribution is 6.30. The molecule has 5 heteroatoms. The Bertz CT molecular complexity index is 836. The normalized spacial score (nSPS) is 19.5. The number of hydrogen-bond donors (Lipinski definition) is 0. The first-order chi connectivity index (χ1) is 12.6. The van der Waals surface area contributed by atoms with Gasteiger partial charge in [-0.2, -0.15) is 0 Å². The molecule has 1 saturated heterocycles. The number of halogens is 1. The van der Waals surface area contributed by atoms with Crippen molar-refractivity contribution in [3.05, 3.63) is 58.1 Å². The summed E-state index contributed by atoms with van der Waals surface area (Å²) in [5.41, 5.74) is 2.86. The number of rotatable bonds is 4. The number of likely N-dealkylation sites (tertiary alicyclic amines) is 1. The summed E-state index contributed by atoms with van der Waals surface area (Å²) in [6.07, 6.45) is 1.96. The van der Waals surface area contributed by atoms with E-state index in [9.17, 15) is 4.79 Å². The molecule has 2 aromatic carbocycles. The molecule has 0 saturated carbocycles. The minimum atomic E-state index is 0.0255. The monoisotopic (exact) mass is 371 g/mol. The van der Waals surface area contributed by atoms with Gasteiger partial charge in [0.25, 0.3) is 0 Å². The van der Waals surface area contributed by atoms with Gasteiger partial charge in [-0.15, -0.1) is 0 Å². The highest BCUT2D eigenvalue weighted by atomic mass is 35.5. The number of para-hydroxylation sites is 1. The average Bonchev–Trinajstić information content (AvgIpc) is 3.11. The summed E-state index contributed by atoms with van der Waals surface area (Å²) >= 11 is 6.03. The molecule has 2 aliphatic rings. The molecule has 1 atom stereocenters. The van der Waals surface area contributed by atoms with E-state index in [0.29, 0.717) is 5.02 Å². The molecule has 0 amide bonds. The van der Waals surface area contributed by atoms with Gasteiger partial charge in [-0.25, -0.2) is 0 Å². The zero-order valence-electron chi connectivity index (χ0n) is 14.8. The van der Waals surface area contributed by atoms with Crippen LogP contribution in [0.1, 0.15) is 34.3 Å². The van der Waals surface area contributed by atoms with E-state index in [4.69, 9.17) is 21.1 Å². The van der Waals surface area contributed by atoms with Crippen LogP contribution in [0.15, 0.2) is 36.4 Å². The van der Waals surface area contributed by atoms with Crippen molar-refractivity contribution in [2.45, 2.75) is 26.3 Å². The van der Waals surface area contributed by atoms with Gasteiger partial charge in [0, 0.05) is 35.2 Å². The summed E-state index contributed by atoms with van der Waals surface area (Å²) in [5, 5.41) is 0.671. The average molecular weight is 372 g/mol.